The molecule has 1 aliphatic rings. The number of carbonyl (C=O) groups excluding carboxylic acids is 1. The molecule has 11 heteroatoms. The summed E-state index contributed by atoms with van der Waals surface area (Å²) in [6, 6.07) is 7.19. The second kappa shape index (κ2) is 8.89. The van der Waals surface area contributed by atoms with E-state index >= 15 is 0 Å². The predicted octanol–water partition coefficient (Wildman–Crippen LogP) is 3.51. The van der Waals surface area contributed by atoms with Crippen molar-refractivity contribution in [2.24, 2.45) is 0 Å². The minimum Gasteiger partial charge on any atom is -0.486 e. The van der Waals surface area contributed by atoms with Gasteiger partial charge in [-0.1, -0.05) is 12.1 Å². The van der Waals surface area contributed by atoms with Crippen molar-refractivity contribution in [1.29, 1.82) is 0 Å². The molecule has 0 radical (unpaired) electrons. The van der Waals surface area contributed by atoms with E-state index in [2.05, 4.69) is 5.32 Å². The number of anilines is 1. The fraction of sp³-hybridized carbons (Fsp3) is 0.381. The van der Waals surface area contributed by atoms with Gasteiger partial charge < -0.3 is 14.8 Å². The van der Waals surface area contributed by atoms with Gasteiger partial charge in [-0.3, -0.25) is 9.10 Å². The van der Waals surface area contributed by atoms with Crippen LogP contribution in [-0.4, -0.2) is 39.8 Å². The molecule has 0 fully saturated rings. The SMILES string of the molecule is CC(NC(=O)C(C)N(c1cccc(C(F)(F)F)c1)S(C)(=O)=O)c1ccc2c(c1)OCCO2. The van der Waals surface area contributed by atoms with E-state index in [0.29, 0.717) is 40.6 Å². The van der Waals surface area contributed by atoms with E-state index in [0.717, 1.165) is 18.4 Å². The van der Waals surface area contributed by atoms with Crippen LogP contribution in [0.15, 0.2) is 42.5 Å². The zero-order valence-electron chi connectivity index (χ0n) is 17.6. The molecular formula is C21H23F3N2O5S. The van der Waals surface area contributed by atoms with Gasteiger partial charge in [0.25, 0.3) is 0 Å². The summed E-state index contributed by atoms with van der Waals surface area (Å²) in [7, 11) is -4.07. The second-order valence-electron chi connectivity index (χ2n) is 7.42. The van der Waals surface area contributed by atoms with Gasteiger partial charge in [-0.2, -0.15) is 13.2 Å². The highest BCUT2D eigenvalue weighted by molar-refractivity contribution is 7.92. The maximum absolute atomic E-state index is 13.1. The highest BCUT2D eigenvalue weighted by Crippen LogP contribution is 2.34. The number of halogens is 3. The molecule has 7 nitrogen and oxygen atoms in total. The van der Waals surface area contributed by atoms with Crippen LogP contribution in [0.1, 0.15) is 31.0 Å². The van der Waals surface area contributed by atoms with Crippen LogP contribution >= 0.6 is 0 Å². The van der Waals surface area contributed by atoms with E-state index in [9.17, 15) is 26.4 Å². The predicted molar refractivity (Wildman–Crippen MR) is 112 cm³/mol. The Hall–Kier alpha value is -2.95. The number of carbonyl (C=O) groups is 1. The maximum atomic E-state index is 13.1. The molecule has 1 heterocycles. The largest absolute Gasteiger partial charge is 0.486 e. The van der Waals surface area contributed by atoms with Gasteiger partial charge >= 0.3 is 6.18 Å². The fourth-order valence-electron chi connectivity index (χ4n) is 3.37. The molecule has 0 bridgehead atoms. The Labute approximate surface area is 184 Å². The van der Waals surface area contributed by atoms with Gasteiger partial charge in [-0.25, -0.2) is 8.42 Å². The maximum Gasteiger partial charge on any atom is 0.416 e. The number of nitrogens with zero attached hydrogens (tertiary/aromatic N) is 1. The summed E-state index contributed by atoms with van der Waals surface area (Å²) in [5.74, 6) is 0.444. The van der Waals surface area contributed by atoms with Crippen molar-refractivity contribution in [2.75, 3.05) is 23.8 Å². The van der Waals surface area contributed by atoms with Gasteiger partial charge in [-0.05, 0) is 49.7 Å². The van der Waals surface area contributed by atoms with Gasteiger partial charge in [0.1, 0.15) is 19.3 Å². The average Bonchev–Trinajstić information content (AvgIpc) is 2.72. The number of rotatable bonds is 6. The van der Waals surface area contributed by atoms with Crippen molar-refractivity contribution in [3.63, 3.8) is 0 Å². The van der Waals surface area contributed by atoms with Crippen molar-refractivity contribution < 1.29 is 35.9 Å². The molecule has 2 unspecified atom stereocenters. The third kappa shape index (κ3) is 5.26. The van der Waals surface area contributed by atoms with Crippen LogP contribution in [0.2, 0.25) is 0 Å². The summed E-state index contributed by atoms with van der Waals surface area (Å²) in [5, 5.41) is 2.71. The molecule has 2 atom stereocenters. The first-order valence-corrected chi connectivity index (χ1v) is 11.6. The highest BCUT2D eigenvalue weighted by atomic mass is 32.2. The number of benzene rings is 2. The molecule has 2 aromatic rings. The lowest BCUT2D eigenvalue weighted by atomic mass is 10.1. The number of hydrogen-bond acceptors (Lipinski definition) is 5. The number of nitrogens with one attached hydrogen (secondary N) is 1. The van der Waals surface area contributed by atoms with Crippen LogP contribution < -0.4 is 19.1 Å². The van der Waals surface area contributed by atoms with Crippen LogP contribution in [-0.2, 0) is 21.0 Å². The van der Waals surface area contributed by atoms with Gasteiger partial charge in [0, 0.05) is 0 Å². The quantitative estimate of drug-likeness (QED) is 0.696. The summed E-state index contributed by atoms with van der Waals surface area (Å²) >= 11 is 0. The minimum absolute atomic E-state index is 0.253. The molecule has 0 saturated carbocycles. The second-order valence-corrected chi connectivity index (χ2v) is 9.28. The number of hydrogen-bond donors (Lipinski definition) is 1. The van der Waals surface area contributed by atoms with E-state index in [-0.39, 0.29) is 5.69 Å². The lowest BCUT2D eigenvalue weighted by Gasteiger charge is -2.30. The van der Waals surface area contributed by atoms with Gasteiger partial charge in [0.15, 0.2) is 11.5 Å². The summed E-state index contributed by atoms with van der Waals surface area (Å²) in [6.07, 6.45) is -3.82. The third-order valence-corrected chi connectivity index (χ3v) is 6.18. The van der Waals surface area contributed by atoms with E-state index in [1.807, 2.05) is 0 Å². The summed E-state index contributed by atoms with van der Waals surface area (Å²) in [4.78, 5) is 12.9. The lowest BCUT2D eigenvalue weighted by Crippen LogP contribution is -2.48. The Morgan fingerprint density at radius 2 is 1.72 bits per heavy atom. The van der Waals surface area contributed by atoms with Crippen molar-refractivity contribution in [3.05, 3.63) is 53.6 Å². The first kappa shape index (κ1) is 23.7. The normalized spacial score (nSPS) is 15.6. The Kier molecular flexibility index (Phi) is 6.59. The molecule has 1 N–H and O–H groups in total. The topological polar surface area (TPSA) is 84.9 Å². The van der Waals surface area contributed by atoms with Crippen molar-refractivity contribution in [3.8, 4) is 11.5 Å². The third-order valence-electron chi connectivity index (χ3n) is 4.94. The van der Waals surface area contributed by atoms with E-state index in [1.165, 1.54) is 13.0 Å². The first-order valence-electron chi connectivity index (χ1n) is 9.74. The molecule has 174 valence electrons. The Morgan fingerprint density at radius 3 is 2.34 bits per heavy atom. The van der Waals surface area contributed by atoms with E-state index in [4.69, 9.17) is 9.47 Å². The van der Waals surface area contributed by atoms with Gasteiger partial charge in [0.2, 0.25) is 15.9 Å². The molecule has 0 aliphatic carbocycles. The zero-order chi connectivity index (χ0) is 23.7. The molecule has 32 heavy (non-hydrogen) atoms. The van der Waals surface area contributed by atoms with Crippen LogP contribution in [0, 0.1) is 0 Å². The van der Waals surface area contributed by atoms with E-state index < -0.39 is 39.8 Å². The van der Waals surface area contributed by atoms with Crippen molar-refractivity contribution >= 4 is 21.6 Å². The van der Waals surface area contributed by atoms with Gasteiger partial charge in [-0.15, -0.1) is 0 Å². The molecule has 0 saturated heterocycles. The van der Waals surface area contributed by atoms with Crippen molar-refractivity contribution in [1.82, 2.24) is 5.32 Å². The molecular weight excluding hydrogens is 449 g/mol. The Morgan fingerprint density at radius 1 is 1.06 bits per heavy atom. The first-order chi connectivity index (χ1) is 14.9. The van der Waals surface area contributed by atoms with Crippen LogP contribution in [0.4, 0.5) is 18.9 Å². The molecule has 0 aromatic heterocycles. The van der Waals surface area contributed by atoms with Crippen LogP contribution in [0.3, 0.4) is 0 Å². The monoisotopic (exact) mass is 472 g/mol. The smallest absolute Gasteiger partial charge is 0.416 e. The van der Waals surface area contributed by atoms with Crippen LogP contribution in [0.25, 0.3) is 0 Å². The van der Waals surface area contributed by atoms with E-state index in [1.54, 1.807) is 25.1 Å². The summed E-state index contributed by atoms with van der Waals surface area (Å²) < 4.78 is 75.7. The highest BCUT2D eigenvalue weighted by Gasteiger charge is 2.34. The zero-order valence-corrected chi connectivity index (χ0v) is 18.5. The molecule has 1 amide bonds. The minimum atomic E-state index is -4.66. The number of ether oxygens (including phenoxy) is 2. The Bertz CT molecular complexity index is 1100. The summed E-state index contributed by atoms with van der Waals surface area (Å²) in [5.41, 5.74) is -0.572. The Balaban J connectivity index is 1.83. The molecule has 2 aromatic carbocycles. The number of fused-ring (bicyclic) bond motifs is 1. The van der Waals surface area contributed by atoms with Gasteiger partial charge in [0.05, 0.1) is 23.5 Å². The van der Waals surface area contributed by atoms with Crippen molar-refractivity contribution in [2.45, 2.75) is 32.1 Å². The molecule has 0 spiro atoms. The lowest BCUT2D eigenvalue weighted by molar-refractivity contribution is -0.137. The average molecular weight is 472 g/mol. The fourth-order valence-corrected chi connectivity index (χ4v) is 4.54. The molecule has 3 rings (SSSR count). The standard InChI is InChI=1S/C21H23F3N2O5S/c1-13(15-7-8-18-19(11-15)31-10-9-30-18)25-20(27)14(2)26(32(3,28)29)17-6-4-5-16(12-17)21(22,23)24/h4-8,11-14H,9-10H2,1-3H3,(H,25,27). The summed E-state index contributed by atoms with van der Waals surface area (Å²) in [6.45, 7) is 3.85. The number of amides is 1. The number of alkyl halides is 3. The number of sulfonamides is 1. The molecule has 1 aliphatic heterocycles. The van der Waals surface area contributed by atoms with Crippen LogP contribution in [0.5, 0.6) is 11.5 Å².